The van der Waals surface area contributed by atoms with E-state index in [4.69, 9.17) is 25.2 Å². The number of nitrogens with zero attached hydrogens (tertiary/aromatic N) is 1. The van der Waals surface area contributed by atoms with Gasteiger partial charge in [-0.15, -0.1) is 0 Å². The van der Waals surface area contributed by atoms with Gasteiger partial charge in [0.1, 0.15) is 37.5 Å². The Balaban J connectivity index is 1.64. The number of nitrogens with two attached hydrogens (primary N) is 1. The highest BCUT2D eigenvalue weighted by Crippen LogP contribution is 2.23. The molecule has 0 saturated carbocycles. The molecule has 186 valence electrons. The second kappa shape index (κ2) is 12.2. The lowest BCUT2D eigenvalue weighted by molar-refractivity contribution is -0.132. The molecule has 3 aromatic carbocycles. The SMILES string of the molecule is CO/N=C(/COc1ccc(COc2ccc(C(C(C)=O)=C(N)C(=O)O)cc2)cc1F)c1ccccc1. The number of allylic oxidation sites excluding steroid dienone is 1. The largest absolute Gasteiger partial charge is 0.489 e. The van der Waals surface area contributed by atoms with Crippen molar-refractivity contribution in [2.24, 2.45) is 10.9 Å². The number of hydrogen-bond donors (Lipinski definition) is 2. The molecular weight excluding hydrogens is 467 g/mol. The topological polar surface area (TPSA) is 120 Å². The molecule has 0 atom stereocenters. The number of carbonyl (C=O) groups is 2. The molecule has 0 bridgehead atoms. The van der Waals surface area contributed by atoms with Crippen LogP contribution in [0.15, 0.2) is 83.6 Å². The van der Waals surface area contributed by atoms with Gasteiger partial charge in [-0.3, -0.25) is 4.79 Å². The predicted octanol–water partition coefficient (Wildman–Crippen LogP) is 4.18. The predicted molar refractivity (Wildman–Crippen MR) is 132 cm³/mol. The molecule has 0 saturated heterocycles. The van der Waals surface area contributed by atoms with Gasteiger partial charge in [-0.25, -0.2) is 9.18 Å². The van der Waals surface area contributed by atoms with E-state index in [2.05, 4.69) is 5.16 Å². The van der Waals surface area contributed by atoms with Gasteiger partial charge in [0.25, 0.3) is 0 Å². The highest BCUT2D eigenvalue weighted by atomic mass is 19.1. The summed E-state index contributed by atoms with van der Waals surface area (Å²) in [5, 5.41) is 13.1. The molecular formula is C27H25FN2O6. The van der Waals surface area contributed by atoms with Crippen molar-refractivity contribution in [3.05, 3.63) is 101 Å². The molecule has 0 radical (unpaired) electrons. The quantitative estimate of drug-likeness (QED) is 0.234. The maximum atomic E-state index is 14.6. The molecule has 9 heteroatoms. The first-order valence-corrected chi connectivity index (χ1v) is 10.8. The molecule has 0 aliphatic heterocycles. The van der Waals surface area contributed by atoms with Crippen molar-refractivity contribution >= 4 is 23.0 Å². The van der Waals surface area contributed by atoms with E-state index in [1.165, 1.54) is 38.3 Å². The van der Waals surface area contributed by atoms with E-state index in [0.717, 1.165) is 5.56 Å². The minimum absolute atomic E-state index is 0.0139. The van der Waals surface area contributed by atoms with Crippen molar-refractivity contribution in [3.8, 4) is 11.5 Å². The second-order valence-electron chi connectivity index (χ2n) is 7.60. The fraction of sp³-hybridized carbons (Fsp3) is 0.148. The summed E-state index contributed by atoms with van der Waals surface area (Å²) < 4.78 is 25.9. The molecule has 0 unspecified atom stereocenters. The van der Waals surface area contributed by atoms with Crippen LogP contribution in [0.2, 0.25) is 0 Å². The Bertz CT molecular complexity index is 1290. The summed E-state index contributed by atoms with van der Waals surface area (Å²) >= 11 is 0. The number of oxime groups is 1. The molecule has 0 fully saturated rings. The number of carboxylic acids is 1. The Labute approximate surface area is 207 Å². The number of ketones is 1. The molecule has 36 heavy (non-hydrogen) atoms. The van der Waals surface area contributed by atoms with Crippen molar-refractivity contribution in [3.63, 3.8) is 0 Å². The molecule has 0 aliphatic carbocycles. The van der Waals surface area contributed by atoms with E-state index in [1.54, 1.807) is 18.2 Å². The van der Waals surface area contributed by atoms with E-state index < -0.39 is 23.3 Å². The van der Waals surface area contributed by atoms with Crippen LogP contribution < -0.4 is 15.2 Å². The number of aliphatic carboxylic acids is 1. The minimum atomic E-state index is -1.38. The lowest BCUT2D eigenvalue weighted by Gasteiger charge is -2.12. The Morgan fingerprint density at radius 3 is 2.25 bits per heavy atom. The molecule has 3 aromatic rings. The highest BCUT2D eigenvalue weighted by Gasteiger charge is 2.17. The van der Waals surface area contributed by atoms with Crippen LogP contribution in [0.1, 0.15) is 23.6 Å². The van der Waals surface area contributed by atoms with Crippen LogP contribution in [0.3, 0.4) is 0 Å². The highest BCUT2D eigenvalue weighted by molar-refractivity contribution is 6.24. The number of carboxylic acid groups (broad SMARTS) is 1. The van der Waals surface area contributed by atoms with Gasteiger partial charge in [-0.05, 0) is 42.3 Å². The molecule has 0 spiro atoms. The van der Waals surface area contributed by atoms with E-state index >= 15 is 0 Å². The second-order valence-corrected chi connectivity index (χ2v) is 7.60. The van der Waals surface area contributed by atoms with Crippen molar-refractivity contribution in [1.82, 2.24) is 0 Å². The fourth-order valence-electron chi connectivity index (χ4n) is 3.34. The van der Waals surface area contributed by atoms with Crippen LogP contribution in [0.25, 0.3) is 5.57 Å². The summed E-state index contributed by atoms with van der Waals surface area (Å²) in [6.07, 6.45) is 0. The Morgan fingerprint density at radius 2 is 1.67 bits per heavy atom. The van der Waals surface area contributed by atoms with Crippen LogP contribution in [0.5, 0.6) is 11.5 Å². The van der Waals surface area contributed by atoms with Gasteiger partial charge in [0.15, 0.2) is 17.3 Å². The summed E-state index contributed by atoms with van der Waals surface area (Å²) in [6, 6.07) is 20.0. The zero-order chi connectivity index (χ0) is 26.1. The Morgan fingerprint density at radius 1 is 0.972 bits per heavy atom. The summed E-state index contributed by atoms with van der Waals surface area (Å²) in [5.74, 6) is -1.90. The average molecular weight is 493 g/mol. The first-order chi connectivity index (χ1) is 17.3. The number of halogens is 1. The number of Topliss-reactive ketones (excluding diaryl/α,β-unsaturated/α-hetero) is 1. The summed E-state index contributed by atoms with van der Waals surface area (Å²) in [7, 11) is 1.43. The maximum absolute atomic E-state index is 14.6. The van der Waals surface area contributed by atoms with Gasteiger partial charge in [0.05, 0.1) is 5.57 Å². The number of benzene rings is 3. The van der Waals surface area contributed by atoms with Gasteiger partial charge in [0.2, 0.25) is 0 Å². The van der Waals surface area contributed by atoms with Gasteiger partial charge in [-0.2, -0.15) is 0 Å². The number of ether oxygens (including phenoxy) is 2. The van der Waals surface area contributed by atoms with Crippen LogP contribution in [-0.2, 0) is 21.0 Å². The third kappa shape index (κ3) is 6.69. The first kappa shape index (κ1) is 26.0. The van der Waals surface area contributed by atoms with Crippen LogP contribution in [-0.4, -0.2) is 36.3 Å². The molecule has 0 aliphatic rings. The lowest BCUT2D eigenvalue weighted by Crippen LogP contribution is -2.16. The smallest absolute Gasteiger partial charge is 0.352 e. The normalized spacial score (nSPS) is 11.9. The van der Waals surface area contributed by atoms with E-state index in [9.17, 15) is 14.0 Å². The zero-order valence-corrected chi connectivity index (χ0v) is 19.7. The number of rotatable bonds is 11. The molecule has 0 heterocycles. The third-order valence-electron chi connectivity index (χ3n) is 5.07. The van der Waals surface area contributed by atoms with Crippen molar-refractivity contribution < 1.29 is 33.4 Å². The molecule has 8 nitrogen and oxygen atoms in total. The minimum Gasteiger partial charge on any atom is -0.489 e. The van der Waals surface area contributed by atoms with E-state index in [0.29, 0.717) is 22.6 Å². The number of carbonyl (C=O) groups excluding carboxylic acids is 1. The van der Waals surface area contributed by atoms with E-state index in [-0.39, 0.29) is 24.5 Å². The monoisotopic (exact) mass is 492 g/mol. The molecule has 0 aromatic heterocycles. The lowest BCUT2D eigenvalue weighted by atomic mass is 10.0. The number of hydrogen-bond acceptors (Lipinski definition) is 7. The summed E-state index contributed by atoms with van der Waals surface area (Å²) in [4.78, 5) is 27.9. The van der Waals surface area contributed by atoms with Gasteiger partial charge in [0, 0.05) is 5.56 Å². The van der Waals surface area contributed by atoms with Crippen LogP contribution in [0.4, 0.5) is 4.39 Å². The Hall–Kier alpha value is -4.66. The zero-order valence-electron chi connectivity index (χ0n) is 19.7. The average Bonchev–Trinajstić information content (AvgIpc) is 2.87. The molecule has 0 amide bonds. The molecule has 3 N–H and O–H groups in total. The van der Waals surface area contributed by atoms with Crippen LogP contribution >= 0.6 is 0 Å². The maximum Gasteiger partial charge on any atom is 0.352 e. The third-order valence-corrected chi connectivity index (χ3v) is 5.07. The summed E-state index contributed by atoms with van der Waals surface area (Å²) in [6.45, 7) is 1.33. The van der Waals surface area contributed by atoms with Gasteiger partial charge in [-0.1, -0.05) is 53.7 Å². The van der Waals surface area contributed by atoms with Gasteiger partial charge >= 0.3 is 5.97 Å². The van der Waals surface area contributed by atoms with Crippen molar-refractivity contribution in [1.29, 1.82) is 0 Å². The fourth-order valence-corrected chi connectivity index (χ4v) is 3.34. The van der Waals surface area contributed by atoms with Gasteiger partial charge < -0.3 is 25.2 Å². The molecule has 3 rings (SSSR count). The Kier molecular flexibility index (Phi) is 8.77. The van der Waals surface area contributed by atoms with E-state index in [1.807, 2.05) is 30.3 Å². The van der Waals surface area contributed by atoms with Crippen LogP contribution in [0, 0.1) is 5.82 Å². The first-order valence-electron chi connectivity index (χ1n) is 10.8. The van der Waals surface area contributed by atoms with Crippen molar-refractivity contribution in [2.75, 3.05) is 13.7 Å². The van der Waals surface area contributed by atoms with Crippen molar-refractivity contribution in [2.45, 2.75) is 13.5 Å². The summed E-state index contributed by atoms with van der Waals surface area (Å²) in [5.41, 5.74) is 7.17. The standard InChI is InChI=1S/C27H25FN2O6/c1-17(31)25(26(29)27(32)33)20-9-11-21(12-10-20)35-15-18-8-13-24(22(28)14-18)36-16-23(30-34-2)19-6-4-3-5-7-19/h3-14H,15-16,29H2,1-2H3,(H,32,33)/b26-25?,30-23-.